The van der Waals surface area contributed by atoms with Crippen molar-refractivity contribution in [3.05, 3.63) is 40.3 Å². The van der Waals surface area contributed by atoms with E-state index in [1.54, 1.807) is 18.4 Å². The topological polar surface area (TPSA) is 54.0 Å². The average Bonchev–Trinajstić information content (AvgIpc) is 3.34. The fourth-order valence-electron chi connectivity index (χ4n) is 4.03. The largest absolute Gasteiger partial charge is 0.495 e. The van der Waals surface area contributed by atoms with Crippen LogP contribution in [0.1, 0.15) is 27.2 Å². The van der Waals surface area contributed by atoms with Crippen molar-refractivity contribution in [1.82, 2.24) is 4.90 Å². The molecule has 1 aliphatic carbocycles. The first-order valence-corrected chi connectivity index (χ1v) is 11.0. The summed E-state index contributed by atoms with van der Waals surface area (Å²) >= 11 is 7.31. The van der Waals surface area contributed by atoms with Crippen LogP contribution in [0.4, 0.5) is 10.7 Å². The van der Waals surface area contributed by atoms with Crippen LogP contribution in [0, 0.1) is 0 Å². The Labute approximate surface area is 180 Å². The number of esters is 1. The summed E-state index contributed by atoms with van der Waals surface area (Å²) in [4.78, 5) is 18.1. The van der Waals surface area contributed by atoms with Gasteiger partial charge in [0.15, 0.2) is 5.11 Å². The molecule has 1 aliphatic heterocycles. The van der Waals surface area contributed by atoms with E-state index in [4.69, 9.17) is 21.7 Å². The maximum Gasteiger partial charge on any atom is 0.341 e. The van der Waals surface area contributed by atoms with Gasteiger partial charge in [-0.05, 0) is 49.2 Å². The van der Waals surface area contributed by atoms with Crippen LogP contribution in [-0.2, 0) is 17.6 Å². The molecule has 29 heavy (non-hydrogen) atoms. The molecule has 0 atom stereocenters. The molecule has 1 fully saturated rings. The first-order chi connectivity index (χ1) is 14.1. The summed E-state index contributed by atoms with van der Waals surface area (Å²) in [6.45, 7) is 3.32. The average molecular weight is 432 g/mol. The number of para-hydroxylation sites is 2. The van der Waals surface area contributed by atoms with Gasteiger partial charge in [-0.2, -0.15) is 0 Å². The normalized spacial score (nSPS) is 15.8. The van der Waals surface area contributed by atoms with E-state index in [9.17, 15) is 4.79 Å². The number of carbonyl (C=O) groups excluding carboxylic acids is 1. The molecule has 8 heteroatoms. The fraction of sp³-hybridized carbons (Fsp3) is 0.429. The second kappa shape index (κ2) is 8.59. The van der Waals surface area contributed by atoms with E-state index >= 15 is 0 Å². The number of hydrogen-bond donors (Lipinski definition) is 1. The standard InChI is InChI=1S/C21H25N3O3S2/c1-26-16-8-4-3-7-15(16)23-10-12-24(13-11-23)21(28)22-19-18(20(25)27-2)14-6-5-9-17(14)29-19/h3-4,7-8H,5-6,9-13H2,1-2H3,(H,22,28). The molecule has 6 nitrogen and oxygen atoms in total. The van der Waals surface area contributed by atoms with E-state index in [0.717, 1.165) is 67.4 Å². The highest BCUT2D eigenvalue weighted by Crippen LogP contribution is 2.39. The molecule has 1 saturated heterocycles. The van der Waals surface area contributed by atoms with Crippen molar-refractivity contribution in [2.45, 2.75) is 19.3 Å². The summed E-state index contributed by atoms with van der Waals surface area (Å²) < 4.78 is 10.5. The third kappa shape index (κ3) is 3.91. The number of rotatable bonds is 4. The molecule has 2 aliphatic rings. The SMILES string of the molecule is COC(=O)c1c(NC(=S)N2CCN(c3ccccc3OC)CC2)sc2c1CCC2. The Morgan fingerprint density at radius 1 is 1.14 bits per heavy atom. The molecular weight excluding hydrogens is 406 g/mol. The van der Waals surface area contributed by atoms with Crippen LogP contribution in [0.25, 0.3) is 0 Å². The van der Waals surface area contributed by atoms with Crippen LogP contribution in [0.15, 0.2) is 24.3 Å². The predicted octanol–water partition coefficient (Wildman–Crippen LogP) is 3.55. The minimum atomic E-state index is -0.282. The minimum Gasteiger partial charge on any atom is -0.495 e. The van der Waals surface area contributed by atoms with Gasteiger partial charge in [0.05, 0.1) is 25.5 Å². The zero-order valence-corrected chi connectivity index (χ0v) is 18.3. The van der Waals surface area contributed by atoms with Gasteiger partial charge in [0.2, 0.25) is 0 Å². The zero-order valence-electron chi connectivity index (χ0n) is 16.7. The molecule has 0 radical (unpaired) electrons. The van der Waals surface area contributed by atoms with Crippen molar-refractivity contribution >= 4 is 45.3 Å². The summed E-state index contributed by atoms with van der Waals surface area (Å²) in [5.41, 5.74) is 2.91. The second-order valence-corrected chi connectivity index (χ2v) is 8.62. The quantitative estimate of drug-likeness (QED) is 0.587. The number of aryl methyl sites for hydroxylation is 1. The molecule has 154 valence electrons. The number of benzene rings is 1. The number of hydrogen-bond acceptors (Lipinski definition) is 6. The lowest BCUT2D eigenvalue weighted by Gasteiger charge is -2.37. The molecule has 4 rings (SSSR count). The van der Waals surface area contributed by atoms with Gasteiger partial charge in [0.1, 0.15) is 10.8 Å². The van der Waals surface area contributed by atoms with Crippen molar-refractivity contribution < 1.29 is 14.3 Å². The Morgan fingerprint density at radius 3 is 2.62 bits per heavy atom. The molecule has 1 N–H and O–H groups in total. The number of nitrogens with zero attached hydrogens (tertiary/aromatic N) is 2. The molecule has 0 saturated carbocycles. The summed E-state index contributed by atoms with van der Waals surface area (Å²) in [6, 6.07) is 8.08. The highest BCUT2D eigenvalue weighted by molar-refractivity contribution is 7.80. The third-order valence-electron chi connectivity index (χ3n) is 5.52. The van der Waals surface area contributed by atoms with Gasteiger partial charge in [0.25, 0.3) is 0 Å². The predicted molar refractivity (Wildman–Crippen MR) is 121 cm³/mol. The van der Waals surface area contributed by atoms with Crippen LogP contribution < -0.4 is 15.0 Å². The molecular formula is C21H25N3O3S2. The Hall–Kier alpha value is -2.32. The van der Waals surface area contributed by atoms with Crippen LogP contribution >= 0.6 is 23.6 Å². The first kappa shape index (κ1) is 20.0. The van der Waals surface area contributed by atoms with E-state index in [0.29, 0.717) is 10.7 Å². The van der Waals surface area contributed by atoms with Crippen molar-refractivity contribution in [3.8, 4) is 5.75 Å². The Bertz CT molecular complexity index is 920. The third-order valence-corrected chi connectivity index (χ3v) is 7.09. The minimum absolute atomic E-state index is 0.282. The van der Waals surface area contributed by atoms with Crippen molar-refractivity contribution in [3.63, 3.8) is 0 Å². The number of anilines is 2. The molecule has 2 heterocycles. The summed E-state index contributed by atoms with van der Waals surface area (Å²) in [6.07, 6.45) is 3.05. The molecule has 1 aromatic carbocycles. The van der Waals surface area contributed by atoms with Gasteiger partial charge in [-0.15, -0.1) is 11.3 Å². The van der Waals surface area contributed by atoms with Gasteiger partial charge in [-0.25, -0.2) is 4.79 Å². The number of thiocarbonyl (C=S) groups is 1. The van der Waals surface area contributed by atoms with E-state index in [-0.39, 0.29) is 5.97 Å². The van der Waals surface area contributed by atoms with E-state index in [2.05, 4.69) is 21.2 Å². The fourth-order valence-corrected chi connectivity index (χ4v) is 5.65. The highest BCUT2D eigenvalue weighted by atomic mass is 32.1. The lowest BCUT2D eigenvalue weighted by atomic mass is 10.1. The van der Waals surface area contributed by atoms with Crippen LogP contribution in [0.5, 0.6) is 5.75 Å². The number of carbonyl (C=O) groups is 1. The van der Waals surface area contributed by atoms with Crippen LogP contribution in [0.2, 0.25) is 0 Å². The van der Waals surface area contributed by atoms with Crippen LogP contribution in [0.3, 0.4) is 0 Å². The van der Waals surface area contributed by atoms with E-state index in [1.807, 2.05) is 18.2 Å². The molecule has 2 aromatic rings. The number of ether oxygens (including phenoxy) is 2. The lowest BCUT2D eigenvalue weighted by molar-refractivity contribution is 0.0601. The number of thiophene rings is 1. The van der Waals surface area contributed by atoms with E-state index < -0.39 is 0 Å². The van der Waals surface area contributed by atoms with Gasteiger partial charge < -0.3 is 24.6 Å². The summed E-state index contributed by atoms with van der Waals surface area (Å²) in [5.74, 6) is 0.605. The van der Waals surface area contributed by atoms with Gasteiger partial charge in [-0.3, -0.25) is 0 Å². The van der Waals surface area contributed by atoms with Crippen molar-refractivity contribution in [2.24, 2.45) is 0 Å². The van der Waals surface area contributed by atoms with Crippen LogP contribution in [-0.4, -0.2) is 56.4 Å². The maximum absolute atomic E-state index is 12.3. The zero-order chi connectivity index (χ0) is 20.4. The smallest absolute Gasteiger partial charge is 0.341 e. The molecule has 0 spiro atoms. The maximum atomic E-state index is 12.3. The van der Waals surface area contributed by atoms with Crippen molar-refractivity contribution in [2.75, 3.05) is 50.6 Å². The molecule has 0 bridgehead atoms. The monoisotopic (exact) mass is 431 g/mol. The number of fused-ring (bicyclic) bond motifs is 1. The Kier molecular flexibility index (Phi) is 5.91. The first-order valence-electron chi connectivity index (χ1n) is 9.79. The lowest BCUT2D eigenvalue weighted by Crippen LogP contribution is -2.50. The van der Waals surface area contributed by atoms with E-state index in [1.165, 1.54) is 12.0 Å². The number of nitrogens with one attached hydrogen (secondary N) is 1. The number of methoxy groups -OCH3 is 2. The summed E-state index contributed by atoms with van der Waals surface area (Å²) in [7, 11) is 3.13. The Morgan fingerprint density at radius 2 is 1.90 bits per heavy atom. The molecule has 1 aromatic heterocycles. The highest BCUT2D eigenvalue weighted by Gasteiger charge is 2.29. The molecule has 0 unspecified atom stereocenters. The van der Waals surface area contributed by atoms with Gasteiger partial charge in [-0.1, -0.05) is 12.1 Å². The van der Waals surface area contributed by atoms with Gasteiger partial charge in [0, 0.05) is 31.1 Å². The summed E-state index contributed by atoms with van der Waals surface area (Å²) in [5, 5.41) is 4.81. The molecule has 0 amide bonds. The van der Waals surface area contributed by atoms with Crippen molar-refractivity contribution in [1.29, 1.82) is 0 Å². The number of piperazine rings is 1. The van der Waals surface area contributed by atoms with Gasteiger partial charge >= 0.3 is 5.97 Å². The second-order valence-electron chi connectivity index (χ2n) is 7.13. The Balaban J connectivity index is 1.43.